The first-order valence-corrected chi connectivity index (χ1v) is 6.51. The first kappa shape index (κ1) is 12.4. The zero-order chi connectivity index (χ0) is 12.3. The lowest BCUT2D eigenvalue weighted by Crippen LogP contribution is -1.98. The minimum Gasteiger partial charge on any atom is -0.486 e. The van der Waals surface area contributed by atoms with Crippen molar-refractivity contribution in [1.82, 2.24) is 4.98 Å². The lowest BCUT2D eigenvalue weighted by Gasteiger charge is -2.10. The Kier molecular flexibility index (Phi) is 4.02. The molecule has 2 N–H and O–H groups in total. The lowest BCUT2D eigenvalue weighted by atomic mass is 10.3. The monoisotopic (exact) mass is 356 g/mol. The van der Waals surface area contributed by atoms with Crippen LogP contribution in [0.15, 0.2) is 45.6 Å². The summed E-state index contributed by atoms with van der Waals surface area (Å²) >= 11 is 6.84. The van der Waals surface area contributed by atoms with E-state index in [9.17, 15) is 0 Å². The number of benzene rings is 1. The van der Waals surface area contributed by atoms with Gasteiger partial charge >= 0.3 is 0 Å². The molecule has 88 valence electrons. The van der Waals surface area contributed by atoms with Crippen LogP contribution in [0.4, 0.5) is 5.69 Å². The second-order valence-electron chi connectivity index (χ2n) is 3.46. The fourth-order valence-electron chi connectivity index (χ4n) is 1.36. The summed E-state index contributed by atoms with van der Waals surface area (Å²) in [4.78, 5) is 4.03. The van der Waals surface area contributed by atoms with Gasteiger partial charge in [0.25, 0.3) is 0 Å². The van der Waals surface area contributed by atoms with E-state index in [4.69, 9.17) is 10.5 Å². The van der Waals surface area contributed by atoms with E-state index in [-0.39, 0.29) is 0 Å². The molecule has 17 heavy (non-hydrogen) atoms. The highest BCUT2D eigenvalue weighted by Crippen LogP contribution is 2.36. The summed E-state index contributed by atoms with van der Waals surface area (Å²) in [7, 11) is 0. The molecule has 3 nitrogen and oxygen atoms in total. The summed E-state index contributed by atoms with van der Waals surface area (Å²) < 4.78 is 7.37. The van der Waals surface area contributed by atoms with E-state index in [1.807, 2.05) is 24.3 Å². The second-order valence-corrected chi connectivity index (χ2v) is 5.17. The van der Waals surface area contributed by atoms with Crippen molar-refractivity contribution in [3.8, 4) is 5.75 Å². The Morgan fingerprint density at radius 2 is 1.94 bits per heavy atom. The topological polar surface area (TPSA) is 48.1 Å². The van der Waals surface area contributed by atoms with Crippen molar-refractivity contribution in [2.75, 3.05) is 5.73 Å². The molecule has 1 heterocycles. The van der Waals surface area contributed by atoms with Crippen molar-refractivity contribution in [3.63, 3.8) is 0 Å². The van der Waals surface area contributed by atoms with Gasteiger partial charge in [-0.1, -0.05) is 6.07 Å². The predicted octanol–water partition coefficient (Wildman–Crippen LogP) is 3.77. The summed E-state index contributed by atoms with van der Waals surface area (Å²) in [5.41, 5.74) is 7.41. The molecule has 5 heteroatoms. The molecule has 0 saturated heterocycles. The molecular weight excluding hydrogens is 348 g/mol. The van der Waals surface area contributed by atoms with E-state index in [1.165, 1.54) is 0 Å². The number of pyridine rings is 1. The lowest BCUT2D eigenvalue weighted by molar-refractivity contribution is 0.302. The zero-order valence-electron chi connectivity index (χ0n) is 8.86. The van der Waals surface area contributed by atoms with Crippen LogP contribution in [0.25, 0.3) is 0 Å². The van der Waals surface area contributed by atoms with Crippen LogP contribution in [0.5, 0.6) is 5.75 Å². The van der Waals surface area contributed by atoms with Gasteiger partial charge in [-0.05, 0) is 50.1 Å². The standard InChI is InChI=1S/C12H10Br2N2O/c13-10-4-9(15)5-11(14)12(10)17-7-8-2-1-3-16-6-8/h1-6H,7,15H2. The number of aromatic nitrogens is 1. The van der Waals surface area contributed by atoms with Crippen LogP contribution in [-0.2, 0) is 6.61 Å². The summed E-state index contributed by atoms with van der Waals surface area (Å²) in [6, 6.07) is 7.46. The van der Waals surface area contributed by atoms with Gasteiger partial charge in [0.1, 0.15) is 12.4 Å². The van der Waals surface area contributed by atoms with E-state index in [1.54, 1.807) is 12.4 Å². The summed E-state index contributed by atoms with van der Waals surface area (Å²) in [6.07, 6.45) is 3.51. The highest BCUT2D eigenvalue weighted by Gasteiger charge is 2.08. The van der Waals surface area contributed by atoms with Gasteiger partial charge in [-0.3, -0.25) is 4.98 Å². The first-order valence-electron chi connectivity index (χ1n) is 4.93. The van der Waals surface area contributed by atoms with Crippen LogP contribution in [-0.4, -0.2) is 4.98 Å². The van der Waals surface area contributed by atoms with Crippen molar-refractivity contribution in [1.29, 1.82) is 0 Å². The van der Waals surface area contributed by atoms with Gasteiger partial charge in [-0.25, -0.2) is 0 Å². The van der Waals surface area contributed by atoms with E-state index >= 15 is 0 Å². The molecule has 0 radical (unpaired) electrons. The Labute approximate surface area is 116 Å². The molecule has 0 unspecified atom stereocenters. The molecule has 2 rings (SSSR count). The third-order valence-corrected chi connectivity index (χ3v) is 3.30. The number of nitrogens with zero attached hydrogens (tertiary/aromatic N) is 1. The number of halogens is 2. The van der Waals surface area contributed by atoms with Crippen LogP contribution in [0.1, 0.15) is 5.56 Å². The maximum atomic E-state index is 5.72. The maximum absolute atomic E-state index is 5.72. The molecule has 0 aliphatic rings. The Bertz CT molecular complexity index is 494. The third kappa shape index (κ3) is 3.20. The average molecular weight is 358 g/mol. The van der Waals surface area contributed by atoms with Crippen molar-refractivity contribution >= 4 is 37.5 Å². The van der Waals surface area contributed by atoms with Crippen LogP contribution in [0, 0.1) is 0 Å². The molecular formula is C12H10Br2N2O. The van der Waals surface area contributed by atoms with Gasteiger partial charge < -0.3 is 10.5 Å². The zero-order valence-corrected chi connectivity index (χ0v) is 12.0. The molecule has 1 aromatic heterocycles. The quantitative estimate of drug-likeness (QED) is 0.850. The summed E-state index contributed by atoms with van der Waals surface area (Å²) in [6.45, 7) is 0.467. The molecule has 0 amide bonds. The molecule has 1 aromatic carbocycles. The van der Waals surface area contributed by atoms with E-state index < -0.39 is 0 Å². The van der Waals surface area contributed by atoms with Gasteiger partial charge in [-0.2, -0.15) is 0 Å². The number of nitrogens with two attached hydrogens (primary N) is 1. The minimum atomic E-state index is 0.467. The average Bonchev–Trinajstić information content (AvgIpc) is 2.29. The second kappa shape index (κ2) is 5.51. The van der Waals surface area contributed by atoms with Crippen molar-refractivity contribution in [3.05, 3.63) is 51.2 Å². The molecule has 0 saturated carbocycles. The molecule has 2 aromatic rings. The SMILES string of the molecule is Nc1cc(Br)c(OCc2cccnc2)c(Br)c1. The minimum absolute atomic E-state index is 0.467. The van der Waals surface area contributed by atoms with Gasteiger partial charge in [0.15, 0.2) is 0 Å². The Balaban J connectivity index is 2.15. The highest BCUT2D eigenvalue weighted by atomic mass is 79.9. The third-order valence-electron chi connectivity index (χ3n) is 2.13. The largest absolute Gasteiger partial charge is 0.486 e. The Morgan fingerprint density at radius 3 is 2.53 bits per heavy atom. The van der Waals surface area contributed by atoms with Crippen molar-refractivity contribution in [2.45, 2.75) is 6.61 Å². The van der Waals surface area contributed by atoms with E-state index in [0.29, 0.717) is 12.3 Å². The molecule has 0 bridgehead atoms. The van der Waals surface area contributed by atoms with Gasteiger partial charge in [0.05, 0.1) is 8.95 Å². The molecule has 0 atom stereocenters. The van der Waals surface area contributed by atoms with Crippen molar-refractivity contribution < 1.29 is 4.74 Å². The van der Waals surface area contributed by atoms with Crippen LogP contribution in [0.2, 0.25) is 0 Å². The van der Waals surface area contributed by atoms with E-state index in [0.717, 1.165) is 20.3 Å². The highest BCUT2D eigenvalue weighted by molar-refractivity contribution is 9.11. The van der Waals surface area contributed by atoms with Crippen molar-refractivity contribution in [2.24, 2.45) is 0 Å². The number of hydrogen-bond donors (Lipinski definition) is 1. The maximum Gasteiger partial charge on any atom is 0.148 e. The van der Waals surface area contributed by atoms with Gasteiger partial charge in [0, 0.05) is 23.6 Å². The summed E-state index contributed by atoms with van der Waals surface area (Å²) in [5, 5.41) is 0. The molecule has 0 fully saturated rings. The first-order chi connectivity index (χ1) is 8.16. The molecule has 0 aliphatic carbocycles. The molecule has 0 spiro atoms. The van der Waals surface area contributed by atoms with E-state index in [2.05, 4.69) is 36.8 Å². The van der Waals surface area contributed by atoms with Gasteiger partial charge in [-0.15, -0.1) is 0 Å². The fourth-order valence-corrected chi connectivity index (χ4v) is 2.81. The Hall–Kier alpha value is -1.07. The molecule has 0 aliphatic heterocycles. The summed E-state index contributed by atoms with van der Waals surface area (Å²) in [5.74, 6) is 0.739. The number of anilines is 1. The predicted molar refractivity (Wildman–Crippen MR) is 74.8 cm³/mol. The number of nitrogen functional groups attached to an aromatic ring is 1. The fraction of sp³-hybridized carbons (Fsp3) is 0.0833. The smallest absolute Gasteiger partial charge is 0.148 e. The number of ether oxygens (including phenoxy) is 1. The normalized spacial score (nSPS) is 10.2. The number of rotatable bonds is 3. The van der Waals surface area contributed by atoms with Crippen LogP contribution >= 0.6 is 31.9 Å². The number of hydrogen-bond acceptors (Lipinski definition) is 3. The van der Waals surface area contributed by atoms with Gasteiger partial charge in [0.2, 0.25) is 0 Å². The van der Waals surface area contributed by atoms with Crippen LogP contribution in [0.3, 0.4) is 0 Å². The Morgan fingerprint density at radius 1 is 1.24 bits per heavy atom. The van der Waals surface area contributed by atoms with Crippen LogP contribution < -0.4 is 10.5 Å².